The summed E-state index contributed by atoms with van der Waals surface area (Å²) in [4.78, 5) is 27.3. The summed E-state index contributed by atoms with van der Waals surface area (Å²) in [5.41, 5.74) is -0.576. The minimum absolute atomic E-state index is 0.0927. The van der Waals surface area contributed by atoms with E-state index in [2.05, 4.69) is 60.7 Å². The van der Waals surface area contributed by atoms with Gasteiger partial charge in [0.25, 0.3) is 0 Å². The lowest BCUT2D eigenvalue weighted by molar-refractivity contribution is -0.183. The average Bonchev–Trinajstić information content (AvgIpc) is 3.30. The molecule has 0 unspecified atom stereocenters. The van der Waals surface area contributed by atoms with Gasteiger partial charge >= 0.3 is 5.97 Å². The van der Waals surface area contributed by atoms with Crippen molar-refractivity contribution in [3.8, 4) is 0 Å². The number of hydrogen-bond donors (Lipinski definition) is 1. The van der Waals surface area contributed by atoms with E-state index in [4.69, 9.17) is 9.16 Å². The zero-order valence-corrected chi connectivity index (χ0v) is 36.5. The van der Waals surface area contributed by atoms with E-state index in [1.165, 1.54) is 89.9 Å². The van der Waals surface area contributed by atoms with Gasteiger partial charge in [0, 0.05) is 17.9 Å². The summed E-state index contributed by atoms with van der Waals surface area (Å²) in [6.45, 7) is 20.7. The van der Waals surface area contributed by atoms with Gasteiger partial charge in [0.2, 0.25) is 0 Å². The van der Waals surface area contributed by atoms with E-state index in [0.717, 1.165) is 51.4 Å². The highest BCUT2D eigenvalue weighted by Crippen LogP contribution is 2.67. The molecule has 5 nitrogen and oxygen atoms in total. The van der Waals surface area contributed by atoms with Gasteiger partial charge in [-0.1, -0.05) is 150 Å². The van der Waals surface area contributed by atoms with Gasteiger partial charge in [0.1, 0.15) is 5.60 Å². The predicted molar refractivity (Wildman–Crippen MR) is 219 cm³/mol. The third-order valence-electron chi connectivity index (χ3n) is 15.6. The molecular weight excluding hydrogens is 661 g/mol. The first-order valence-corrected chi connectivity index (χ1v) is 25.2. The van der Waals surface area contributed by atoms with Crippen molar-refractivity contribution in [2.45, 2.75) is 226 Å². The Hall–Kier alpha value is -0.983. The summed E-state index contributed by atoms with van der Waals surface area (Å²) in [6, 6.07) is 0. The van der Waals surface area contributed by atoms with E-state index in [9.17, 15) is 14.7 Å². The van der Waals surface area contributed by atoms with Crippen LogP contribution >= 0.6 is 0 Å². The first kappa shape index (κ1) is 43.7. The van der Waals surface area contributed by atoms with E-state index in [1.54, 1.807) is 12.5 Å². The molecule has 4 rings (SSSR count). The molecule has 1 N–H and O–H groups in total. The number of esters is 1. The fourth-order valence-electron chi connectivity index (χ4n) is 11.0. The van der Waals surface area contributed by atoms with Gasteiger partial charge in [-0.15, -0.1) is 0 Å². The summed E-state index contributed by atoms with van der Waals surface area (Å²) >= 11 is 0. The minimum atomic E-state index is -1.84. The molecule has 4 aliphatic carbocycles. The molecule has 0 aromatic heterocycles. The maximum Gasteiger partial charge on any atom is 0.312 e. The van der Waals surface area contributed by atoms with Crippen LogP contribution in [0.2, 0.25) is 18.1 Å². The summed E-state index contributed by atoms with van der Waals surface area (Å²) in [7, 11) is -1.84. The van der Waals surface area contributed by atoms with E-state index in [-0.39, 0.29) is 22.2 Å². The molecule has 0 amide bonds. The van der Waals surface area contributed by atoms with Crippen LogP contribution in [0.3, 0.4) is 0 Å². The third-order valence-corrected chi connectivity index (χ3v) is 20.2. The number of carbonyl (C=O) groups is 2. The average molecular weight is 743 g/mol. The normalized spacial score (nSPS) is 32.5. The predicted octanol–water partition coefficient (Wildman–Crippen LogP) is 12.7. The fraction of sp³-hybridized carbons (Fsp3) is 0.913. The Labute approximate surface area is 321 Å². The lowest BCUT2D eigenvalue weighted by atomic mass is 9.46. The van der Waals surface area contributed by atoms with E-state index < -0.39 is 31.2 Å². The number of fused-ring (bicyclic) bond motifs is 5. The van der Waals surface area contributed by atoms with Crippen molar-refractivity contribution >= 4 is 20.1 Å². The van der Waals surface area contributed by atoms with E-state index >= 15 is 0 Å². The van der Waals surface area contributed by atoms with Crippen LogP contribution in [0.4, 0.5) is 0 Å². The van der Waals surface area contributed by atoms with Crippen molar-refractivity contribution in [2.24, 2.45) is 34.5 Å². The lowest BCUT2D eigenvalue weighted by Crippen LogP contribution is -2.60. The Morgan fingerprint density at radius 2 is 1.38 bits per heavy atom. The molecule has 300 valence electrons. The fourth-order valence-corrected chi connectivity index (χ4v) is 12.4. The molecular formula is C46H82O5Si. The molecule has 4 aliphatic rings. The second kappa shape index (κ2) is 18.8. The smallest absolute Gasteiger partial charge is 0.312 e. The number of Topliss-reactive ketones (excluding diaryl/α,β-unsaturated/α-hetero) is 1. The number of aliphatic hydroxyl groups is 1. The second-order valence-electron chi connectivity index (χ2n) is 20.0. The van der Waals surface area contributed by atoms with Crippen molar-refractivity contribution in [2.75, 3.05) is 6.61 Å². The largest absolute Gasteiger partial charge is 0.465 e. The standard InChI is InChI=1S/C46H82O5Si/c1-10-11-12-13-14-15-16-17-18-19-20-21-22-23-24-25-32-50-42(48)35(2)46(49)41(47)34-40-38-27-26-36-33-37(51-52(8,9)43(3,4)5)28-30-44(36,6)39(38)29-31-45(40,46)7/h26,35,37-40,49H,10-25,27-34H2,1-9H3/t35-,37+,38-,39+,40+,44+,45+,46-/m1/s1. The van der Waals surface area contributed by atoms with Crippen molar-refractivity contribution in [3.63, 3.8) is 0 Å². The highest BCUT2D eigenvalue weighted by atomic mass is 28.4. The van der Waals surface area contributed by atoms with Gasteiger partial charge in [0.15, 0.2) is 14.1 Å². The van der Waals surface area contributed by atoms with Crippen molar-refractivity contribution < 1.29 is 23.9 Å². The number of rotatable bonds is 21. The molecule has 6 heteroatoms. The zero-order chi connectivity index (χ0) is 38.2. The molecule has 8 atom stereocenters. The zero-order valence-electron chi connectivity index (χ0n) is 35.5. The summed E-state index contributed by atoms with van der Waals surface area (Å²) in [5, 5.41) is 12.5. The number of ether oxygens (including phenoxy) is 1. The van der Waals surface area contributed by atoms with E-state index in [0.29, 0.717) is 31.0 Å². The van der Waals surface area contributed by atoms with Gasteiger partial charge in [-0.3, -0.25) is 9.59 Å². The molecule has 52 heavy (non-hydrogen) atoms. The first-order chi connectivity index (χ1) is 24.5. The molecule has 0 heterocycles. The SMILES string of the molecule is CCCCCCCCCCCCCCCCCCOC(=O)[C@@H](C)[C@@]1(O)C(=O)C[C@H]2[C@@H]3CC=C4C[C@@H](O[Si](C)(C)C(C)(C)C)CC[C@]4(C)[C@H]3CC[C@@]21C. The quantitative estimate of drug-likeness (QED) is 0.0549. The Morgan fingerprint density at radius 1 is 0.846 bits per heavy atom. The minimum Gasteiger partial charge on any atom is -0.465 e. The van der Waals surface area contributed by atoms with Gasteiger partial charge < -0.3 is 14.3 Å². The van der Waals surface area contributed by atoms with Gasteiger partial charge in [-0.05, 0) is 93.2 Å². The summed E-state index contributed by atoms with van der Waals surface area (Å²) < 4.78 is 12.7. The van der Waals surface area contributed by atoms with Crippen LogP contribution in [0.15, 0.2) is 11.6 Å². The molecule has 3 saturated carbocycles. The number of hydrogen-bond acceptors (Lipinski definition) is 5. The Bertz CT molecular complexity index is 1190. The molecule has 0 bridgehead atoms. The van der Waals surface area contributed by atoms with Gasteiger partial charge in [0.05, 0.1) is 12.5 Å². The maximum absolute atomic E-state index is 13.9. The van der Waals surface area contributed by atoms with E-state index in [1.807, 2.05) is 0 Å². The van der Waals surface area contributed by atoms with Crippen LogP contribution in [0, 0.1) is 34.5 Å². The van der Waals surface area contributed by atoms with Crippen LogP contribution in [0.5, 0.6) is 0 Å². The molecule has 0 aromatic rings. The molecule has 0 saturated heterocycles. The topological polar surface area (TPSA) is 72.8 Å². The monoisotopic (exact) mass is 743 g/mol. The van der Waals surface area contributed by atoms with Crippen LogP contribution < -0.4 is 0 Å². The number of unbranched alkanes of at least 4 members (excludes halogenated alkanes) is 15. The number of carbonyl (C=O) groups excluding carboxylic acids is 2. The van der Waals surface area contributed by atoms with Crippen LogP contribution in [-0.4, -0.2) is 43.5 Å². The summed E-state index contributed by atoms with van der Waals surface area (Å²) in [5.74, 6) is -0.433. The first-order valence-electron chi connectivity index (χ1n) is 22.3. The van der Waals surface area contributed by atoms with Crippen LogP contribution in [0.1, 0.15) is 196 Å². The molecule has 0 radical (unpaired) electrons. The van der Waals surface area contributed by atoms with Gasteiger partial charge in [-0.25, -0.2) is 0 Å². The van der Waals surface area contributed by atoms with Crippen LogP contribution in [0.25, 0.3) is 0 Å². The van der Waals surface area contributed by atoms with Crippen molar-refractivity contribution in [1.82, 2.24) is 0 Å². The maximum atomic E-state index is 13.9. The summed E-state index contributed by atoms with van der Waals surface area (Å²) in [6.07, 6.45) is 30.1. The number of allylic oxidation sites excluding steroid dienone is 1. The highest BCUT2D eigenvalue weighted by molar-refractivity contribution is 6.74. The number of ketones is 1. The van der Waals surface area contributed by atoms with Crippen molar-refractivity contribution in [3.05, 3.63) is 11.6 Å². The Balaban J connectivity index is 1.19. The van der Waals surface area contributed by atoms with Crippen molar-refractivity contribution in [1.29, 1.82) is 0 Å². The lowest BCUT2D eigenvalue weighted by Gasteiger charge is -2.59. The second-order valence-corrected chi connectivity index (χ2v) is 24.8. The van der Waals surface area contributed by atoms with Gasteiger partial charge in [-0.2, -0.15) is 0 Å². The Kier molecular flexibility index (Phi) is 15.8. The highest BCUT2D eigenvalue weighted by Gasteiger charge is 2.70. The molecule has 0 aromatic carbocycles. The molecule has 3 fully saturated rings. The third kappa shape index (κ3) is 9.69. The Morgan fingerprint density at radius 3 is 1.92 bits per heavy atom. The molecule has 0 aliphatic heterocycles. The molecule has 0 spiro atoms. The van der Waals surface area contributed by atoms with Crippen LogP contribution in [-0.2, 0) is 18.8 Å².